The van der Waals surface area contributed by atoms with Gasteiger partial charge in [0.1, 0.15) is 6.26 Å². The van der Waals surface area contributed by atoms with Crippen molar-refractivity contribution in [3.8, 4) is 5.88 Å². The fourth-order valence-electron chi connectivity index (χ4n) is 1.15. The average Bonchev–Trinajstić information content (AvgIpc) is 2.98. The summed E-state index contributed by atoms with van der Waals surface area (Å²) in [6, 6.07) is 1.87. The molecule has 0 unspecified atom stereocenters. The maximum absolute atomic E-state index is 5.05. The summed E-state index contributed by atoms with van der Waals surface area (Å²) in [5.74, 6) is 3.06. The molecule has 0 spiro atoms. The molecule has 92 valence electrons. The molecule has 0 bridgehead atoms. The number of thioether (sulfide) groups is 1. The van der Waals surface area contributed by atoms with Crippen LogP contribution in [0.1, 0.15) is 5.69 Å². The molecule has 0 aromatic carbocycles. The molecular weight excluding hydrogens is 260 g/mol. The van der Waals surface area contributed by atoms with E-state index in [1.807, 2.05) is 6.07 Å². The lowest BCUT2D eigenvalue weighted by atomic mass is 10.5. The maximum atomic E-state index is 5.05. The highest BCUT2D eigenvalue weighted by atomic mass is 32.2. The smallest absolute Gasteiger partial charge is 0.270 e. The number of anilines is 1. The molecule has 0 atom stereocenters. The van der Waals surface area contributed by atoms with Gasteiger partial charge in [0.05, 0.1) is 24.5 Å². The lowest BCUT2D eigenvalue weighted by Gasteiger charge is -2.03. The number of nitrogens with one attached hydrogen (secondary N) is 1. The SMILES string of the molecule is COc1nsnc1NCCSCc1ccon1. The van der Waals surface area contributed by atoms with E-state index in [0.717, 1.165) is 35.5 Å². The summed E-state index contributed by atoms with van der Waals surface area (Å²) in [6.07, 6.45) is 1.58. The van der Waals surface area contributed by atoms with Crippen molar-refractivity contribution in [1.82, 2.24) is 13.9 Å². The molecule has 0 aliphatic carbocycles. The summed E-state index contributed by atoms with van der Waals surface area (Å²) < 4.78 is 17.9. The molecule has 2 heterocycles. The van der Waals surface area contributed by atoms with Crippen LogP contribution < -0.4 is 10.1 Å². The summed E-state index contributed by atoms with van der Waals surface area (Å²) in [4.78, 5) is 0. The summed E-state index contributed by atoms with van der Waals surface area (Å²) >= 11 is 2.91. The van der Waals surface area contributed by atoms with Gasteiger partial charge in [0.25, 0.3) is 5.88 Å². The zero-order chi connectivity index (χ0) is 11.9. The topological polar surface area (TPSA) is 73.1 Å². The van der Waals surface area contributed by atoms with Gasteiger partial charge in [-0.1, -0.05) is 5.16 Å². The van der Waals surface area contributed by atoms with E-state index in [9.17, 15) is 0 Å². The number of hydrogen-bond donors (Lipinski definition) is 1. The second-order valence-electron chi connectivity index (χ2n) is 3.09. The van der Waals surface area contributed by atoms with Crippen molar-refractivity contribution in [2.75, 3.05) is 24.7 Å². The van der Waals surface area contributed by atoms with Crippen LogP contribution in [0.15, 0.2) is 16.9 Å². The first-order chi connectivity index (χ1) is 8.40. The molecule has 17 heavy (non-hydrogen) atoms. The van der Waals surface area contributed by atoms with Crippen LogP contribution in [0.25, 0.3) is 0 Å². The quantitative estimate of drug-likeness (QED) is 0.771. The van der Waals surface area contributed by atoms with Gasteiger partial charge in [0, 0.05) is 24.1 Å². The van der Waals surface area contributed by atoms with E-state index in [-0.39, 0.29) is 0 Å². The maximum Gasteiger partial charge on any atom is 0.270 e. The molecule has 2 aromatic heterocycles. The largest absolute Gasteiger partial charge is 0.478 e. The third-order valence-corrected chi connectivity index (χ3v) is 3.44. The number of rotatable bonds is 7. The molecule has 6 nitrogen and oxygen atoms in total. The van der Waals surface area contributed by atoms with Crippen molar-refractivity contribution in [2.45, 2.75) is 5.75 Å². The van der Waals surface area contributed by atoms with Crippen molar-refractivity contribution in [3.05, 3.63) is 18.0 Å². The van der Waals surface area contributed by atoms with Crippen LogP contribution in [0, 0.1) is 0 Å². The van der Waals surface area contributed by atoms with Crippen LogP contribution in [0.2, 0.25) is 0 Å². The third kappa shape index (κ3) is 3.60. The standard InChI is InChI=1S/C9H12N4O2S2/c1-14-9-8(12-17-13-9)10-3-5-16-6-7-2-4-15-11-7/h2,4H,3,5-6H2,1H3,(H,10,12). The molecule has 0 fully saturated rings. The summed E-state index contributed by atoms with van der Waals surface area (Å²) in [5.41, 5.74) is 0.961. The van der Waals surface area contributed by atoms with E-state index < -0.39 is 0 Å². The zero-order valence-electron chi connectivity index (χ0n) is 9.25. The van der Waals surface area contributed by atoms with Crippen molar-refractivity contribution < 1.29 is 9.26 Å². The Morgan fingerprint density at radius 3 is 3.24 bits per heavy atom. The lowest BCUT2D eigenvalue weighted by molar-refractivity contribution is 0.403. The van der Waals surface area contributed by atoms with E-state index in [1.165, 1.54) is 0 Å². The molecular formula is C9H12N4O2S2. The van der Waals surface area contributed by atoms with E-state index >= 15 is 0 Å². The fourth-order valence-corrected chi connectivity index (χ4v) is 2.40. The van der Waals surface area contributed by atoms with Crippen LogP contribution in [0.4, 0.5) is 5.82 Å². The molecule has 1 N–H and O–H groups in total. The minimum absolute atomic E-state index is 0.552. The Bertz CT molecular complexity index is 432. The predicted octanol–water partition coefficient (Wildman–Crippen LogP) is 1.88. The van der Waals surface area contributed by atoms with Crippen molar-refractivity contribution in [3.63, 3.8) is 0 Å². The molecule has 0 aliphatic heterocycles. The van der Waals surface area contributed by atoms with Crippen molar-refractivity contribution in [2.24, 2.45) is 0 Å². The Morgan fingerprint density at radius 2 is 2.47 bits per heavy atom. The predicted molar refractivity (Wildman–Crippen MR) is 67.6 cm³/mol. The highest BCUT2D eigenvalue weighted by Crippen LogP contribution is 2.20. The first kappa shape index (κ1) is 12.2. The monoisotopic (exact) mass is 272 g/mol. The second-order valence-corrected chi connectivity index (χ2v) is 4.73. The Balaban J connectivity index is 1.63. The van der Waals surface area contributed by atoms with E-state index in [0.29, 0.717) is 11.7 Å². The molecule has 0 radical (unpaired) electrons. The summed E-state index contributed by atoms with van der Waals surface area (Å²) in [7, 11) is 1.58. The molecule has 2 rings (SSSR count). The van der Waals surface area contributed by atoms with Gasteiger partial charge in [-0.25, -0.2) is 0 Å². The summed E-state index contributed by atoms with van der Waals surface area (Å²) in [5, 5.41) is 7.01. The van der Waals surface area contributed by atoms with Crippen molar-refractivity contribution >= 4 is 29.3 Å². The third-order valence-electron chi connectivity index (χ3n) is 1.93. The fraction of sp³-hybridized carbons (Fsp3) is 0.444. The van der Waals surface area contributed by atoms with Gasteiger partial charge in [-0.2, -0.15) is 16.1 Å². The number of hydrogen-bond acceptors (Lipinski definition) is 8. The van der Waals surface area contributed by atoms with Gasteiger partial charge < -0.3 is 14.6 Å². The number of ether oxygens (including phenoxy) is 1. The van der Waals surface area contributed by atoms with Gasteiger partial charge in [-0.15, -0.1) is 4.37 Å². The first-order valence-corrected chi connectivity index (χ1v) is 6.86. The first-order valence-electron chi connectivity index (χ1n) is 4.97. The number of aromatic nitrogens is 3. The van der Waals surface area contributed by atoms with Crippen LogP contribution in [-0.4, -0.2) is 33.3 Å². The molecule has 0 saturated carbocycles. The normalized spacial score (nSPS) is 10.4. The Hall–Kier alpha value is -1.28. The van der Waals surface area contributed by atoms with E-state index in [4.69, 9.17) is 9.26 Å². The zero-order valence-corrected chi connectivity index (χ0v) is 10.9. The second kappa shape index (κ2) is 6.45. The molecule has 0 saturated heterocycles. The van der Waals surface area contributed by atoms with Gasteiger partial charge in [0.2, 0.25) is 5.82 Å². The minimum atomic E-state index is 0.552. The van der Waals surface area contributed by atoms with Crippen LogP contribution >= 0.6 is 23.5 Å². The summed E-state index contributed by atoms with van der Waals surface area (Å²) in [6.45, 7) is 0.810. The van der Waals surface area contributed by atoms with Gasteiger partial charge in [-0.05, 0) is 0 Å². The Kier molecular flexibility index (Phi) is 4.63. The lowest BCUT2D eigenvalue weighted by Crippen LogP contribution is -2.05. The number of methoxy groups -OCH3 is 1. The van der Waals surface area contributed by atoms with Gasteiger partial charge in [-0.3, -0.25) is 0 Å². The van der Waals surface area contributed by atoms with E-state index in [1.54, 1.807) is 25.1 Å². The van der Waals surface area contributed by atoms with Crippen LogP contribution in [-0.2, 0) is 5.75 Å². The number of nitrogens with zero attached hydrogens (tertiary/aromatic N) is 3. The molecule has 2 aromatic rings. The Morgan fingerprint density at radius 1 is 1.53 bits per heavy atom. The highest BCUT2D eigenvalue weighted by Gasteiger charge is 2.06. The molecule has 0 aliphatic rings. The van der Waals surface area contributed by atoms with E-state index in [2.05, 4.69) is 19.2 Å². The van der Waals surface area contributed by atoms with Crippen molar-refractivity contribution in [1.29, 1.82) is 0 Å². The minimum Gasteiger partial charge on any atom is -0.478 e. The van der Waals surface area contributed by atoms with Gasteiger partial charge >= 0.3 is 0 Å². The van der Waals surface area contributed by atoms with Crippen LogP contribution in [0.3, 0.4) is 0 Å². The Labute approximate surface area is 107 Å². The average molecular weight is 272 g/mol. The van der Waals surface area contributed by atoms with Gasteiger partial charge in [0.15, 0.2) is 0 Å². The van der Waals surface area contributed by atoms with Crippen LogP contribution in [0.5, 0.6) is 5.88 Å². The molecule has 8 heteroatoms. The highest BCUT2D eigenvalue weighted by molar-refractivity contribution is 7.98. The molecule has 0 amide bonds.